The predicted molar refractivity (Wildman–Crippen MR) is 95.6 cm³/mol. The van der Waals surface area contributed by atoms with Crippen molar-refractivity contribution in [1.29, 1.82) is 0 Å². The van der Waals surface area contributed by atoms with Gasteiger partial charge in [-0.25, -0.2) is 9.78 Å². The van der Waals surface area contributed by atoms with Crippen molar-refractivity contribution in [3.8, 4) is 0 Å². The van der Waals surface area contributed by atoms with Crippen molar-refractivity contribution >= 4 is 17.8 Å². The molecule has 0 aromatic carbocycles. The molecule has 7 heteroatoms. The molecule has 1 N–H and O–H groups in total. The summed E-state index contributed by atoms with van der Waals surface area (Å²) in [6, 6.07) is 1.75. The monoisotopic (exact) mass is 335 g/mol. The van der Waals surface area contributed by atoms with Gasteiger partial charge in [-0.2, -0.15) is 4.98 Å². The zero-order valence-corrected chi connectivity index (χ0v) is 15.2. The Morgan fingerprint density at radius 2 is 2.17 bits per heavy atom. The lowest BCUT2D eigenvalue weighted by Gasteiger charge is -2.21. The highest BCUT2D eigenvalue weighted by atomic mass is 16.5. The Bertz CT molecular complexity index is 550. The third-order valence-electron chi connectivity index (χ3n) is 4.04. The first-order valence-electron chi connectivity index (χ1n) is 8.70. The second kappa shape index (κ2) is 8.82. The molecule has 0 saturated carbocycles. The molecule has 24 heavy (non-hydrogen) atoms. The molecule has 2 amide bonds. The van der Waals surface area contributed by atoms with E-state index < -0.39 is 0 Å². The van der Waals surface area contributed by atoms with Gasteiger partial charge in [0.05, 0.1) is 6.10 Å². The van der Waals surface area contributed by atoms with Crippen LogP contribution in [0.1, 0.15) is 38.3 Å². The summed E-state index contributed by atoms with van der Waals surface area (Å²) in [4.78, 5) is 24.9. The lowest BCUT2D eigenvalue weighted by Crippen LogP contribution is -2.36. The summed E-state index contributed by atoms with van der Waals surface area (Å²) in [6.07, 6.45) is 4.14. The normalized spacial score (nSPS) is 18.2. The number of aromatic nitrogens is 2. The minimum Gasteiger partial charge on any atom is -0.378 e. The van der Waals surface area contributed by atoms with Crippen molar-refractivity contribution in [3.63, 3.8) is 0 Å². The third kappa shape index (κ3) is 5.33. The third-order valence-corrected chi connectivity index (χ3v) is 4.04. The van der Waals surface area contributed by atoms with Crippen molar-refractivity contribution < 1.29 is 9.53 Å². The van der Waals surface area contributed by atoms with Crippen molar-refractivity contribution in [2.75, 3.05) is 44.0 Å². The maximum absolute atomic E-state index is 12.5. The van der Waals surface area contributed by atoms with Gasteiger partial charge in [0.15, 0.2) is 0 Å². The maximum atomic E-state index is 12.5. The SMILES string of the molecule is CCCO[C@@H]1CCCN(C(=O)Nc2nc(C)cc(N(C)C)n2)CC1. The Balaban J connectivity index is 1.95. The van der Waals surface area contributed by atoms with Gasteiger partial charge in [-0.3, -0.25) is 5.32 Å². The molecule has 0 spiro atoms. The number of hydrogen-bond acceptors (Lipinski definition) is 5. The average Bonchev–Trinajstić information content (AvgIpc) is 2.78. The number of likely N-dealkylation sites (tertiary alicyclic amines) is 1. The van der Waals surface area contributed by atoms with E-state index in [4.69, 9.17) is 4.74 Å². The zero-order chi connectivity index (χ0) is 17.5. The first-order chi connectivity index (χ1) is 11.5. The van der Waals surface area contributed by atoms with Gasteiger partial charge in [0, 0.05) is 45.6 Å². The molecule has 1 saturated heterocycles. The number of carbonyl (C=O) groups is 1. The number of nitrogens with zero attached hydrogens (tertiary/aromatic N) is 4. The molecule has 1 aliphatic rings. The number of anilines is 2. The lowest BCUT2D eigenvalue weighted by atomic mass is 10.2. The van der Waals surface area contributed by atoms with E-state index in [1.807, 2.05) is 36.9 Å². The van der Waals surface area contributed by atoms with Crippen LogP contribution in [0, 0.1) is 6.92 Å². The molecule has 2 rings (SSSR count). The topological polar surface area (TPSA) is 70.6 Å². The number of nitrogens with one attached hydrogen (secondary N) is 1. The van der Waals surface area contributed by atoms with Crippen LogP contribution in [0.5, 0.6) is 0 Å². The molecule has 1 aromatic rings. The van der Waals surface area contributed by atoms with Gasteiger partial charge in [-0.15, -0.1) is 0 Å². The van der Waals surface area contributed by atoms with E-state index in [-0.39, 0.29) is 12.1 Å². The predicted octanol–water partition coefficient (Wildman–Crippen LogP) is 2.66. The van der Waals surface area contributed by atoms with E-state index in [0.717, 1.165) is 50.3 Å². The van der Waals surface area contributed by atoms with Gasteiger partial charge in [0.25, 0.3) is 0 Å². The van der Waals surface area contributed by atoms with Crippen LogP contribution in [0.3, 0.4) is 0 Å². The molecule has 0 aliphatic carbocycles. The van der Waals surface area contributed by atoms with Gasteiger partial charge in [0.1, 0.15) is 5.82 Å². The Hall–Kier alpha value is -1.89. The molecule has 2 heterocycles. The minimum absolute atomic E-state index is 0.138. The van der Waals surface area contributed by atoms with E-state index >= 15 is 0 Å². The second-order valence-corrected chi connectivity index (χ2v) is 6.43. The van der Waals surface area contributed by atoms with Gasteiger partial charge in [-0.1, -0.05) is 6.92 Å². The minimum atomic E-state index is -0.138. The number of hydrogen-bond donors (Lipinski definition) is 1. The van der Waals surface area contributed by atoms with E-state index in [1.54, 1.807) is 0 Å². The molecule has 0 bridgehead atoms. The number of aryl methyl sites for hydroxylation is 1. The summed E-state index contributed by atoms with van der Waals surface area (Å²) in [5, 5.41) is 2.83. The summed E-state index contributed by atoms with van der Waals surface area (Å²) in [7, 11) is 3.83. The average molecular weight is 335 g/mol. The summed E-state index contributed by atoms with van der Waals surface area (Å²) in [6.45, 7) is 6.24. The van der Waals surface area contributed by atoms with Crippen LogP contribution in [0.15, 0.2) is 6.07 Å². The highest BCUT2D eigenvalue weighted by Crippen LogP contribution is 2.16. The fourth-order valence-corrected chi connectivity index (χ4v) is 2.73. The standard InChI is InChI=1S/C17H29N5O2/c1-5-11-24-14-7-6-9-22(10-8-14)17(23)20-16-18-13(2)12-15(19-16)21(3)4/h12,14H,5-11H2,1-4H3,(H,18,19,20,23)/t14-/m1/s1. The first kappa shape index (κ1) is 18.4. The number of carbonyl (C=O) groups excluding carboxylic acids is 1. The molecule has 1 aliphatic heterocycles. The molecule has 7 nitrogen and oxygen atoms in total. The van der Waals surface area contributed by atoms with E-state index in [1.165, 1.54) is 0 Å². The Kier molecular flexibility index (Phi) is 6.78. The van der Waals surface area contributed by atoms with Crippen LogP contribution in [0.4, 0.5) is 16.6 Å². The fourth-order valence-electron chi connectivity index (χ4n) is 2.73. The molecule has 1 fully saturated rings. The lowest BCUT2D eigenvalue weighted by molar-refractivity contribution is 0.0446. The number of ether oxygens (including phenoxy) is 1. The summed E-state index contributed by atoms with van der Waals surface area (Å²) >= 11 is 0. The van der Waals surface area contributed by atoms with E-state index in [9.17, 15) is 4.79 Å². The summed E-state index contributed by atoms with van der Waals surface area (Å²) in [5.74, 6) is 1.13. The van der Waals surface area contributed by atoms with Gasteiger partial charge in [-0.05, 0) is 32.6 Å². The summed E-state index contributed by atoms with van der Waals surface area (Å²) < 4.78 is 5.83. The largest absolute Gasteiger partial charge is 0.378 e. The molecular weight excluding hydrogens is 306 g/mol. The Labute approximate surface area is 144 Å². The molecule has 0 unspecified atom stereocenters. The highest BCUT2D eigenvalue weighted by molar-refractivity contribution is 5.87. The van der Waals surface area contributed by atoms with Crippen molar-refractivity contribution in [3.05, 3.63) is 11.8 Å². The highest BCUT2D eigenvalue weighted by Gasteiger charge is 2.21. The van der Waals surface area contributed by atoms with Gasteiger partial charge in [0.2, 0.25) is 5.95 Å². The second-order valence-electron chi connectivity index (χ2n) is 6.43. The van der Waals surface area contributed by atoms with Crippen molar-refractivity contribution in [1.82, 2.24) is 14.9 Å². The number of amides is 2. The molecule has 134 valence electrons. The van der Waals surface area contributed by atoms with Crippen molar-refractivity contribution in [2.45, 2.75) is 45.6 Å². The van der Waals surface area contributed by atoms with Gasteiger partial charge >= 0.3 is 6.03 Å². The van der Waals surface area contributed by atoms with Crippen LogP contribution in [0.25, 0.3) is 0 Å². The van der Waals surface area contributed by atoms with Crippen LogP contribution < -0.4 is 10.2 Å². The van der Waals surface area contributed by atoms with Gasteiger partial charge < -0.3 is 14.5 Å². The zero-order valence-electron chi connectivity index (χ0n) is 15.2. The Morgan fingerprint density at radius 3 is 2.88 bits per heavy atom. The summed E-state index contributed by atoms with van der Waals surface area (Å²) in [5.41, 5.74) is 0.827. The number of rotatable bonds is 5. The maximum Gasteiger partial charge on any atom is 0.324 e. The van der Waals surface area contributed by atoms with Crippen LogP contribution in [0.2, 0.25) is 0 Å². The van der Waals surface area contributed by atoms with Crippen LogP contribution in [-0.2, 0) is 4.74 Å². The van der Waals surface area contributed by atoms with E-state index in [2.05, 4.69) is 22.2 Å². The smallest absolute Gasteiger partial charge is 0.324 e. The van der Waals surface area contributed by atoms with Crippen LogP contribution >= 0.6 is 0 Å². The number of urea groups is 1. The quantitative estimate of drug-likeness (QED) is 0.896. The molecular formula is C17H29N5O2. The fraction of sp³-hybridized carbons (Fsp3) is 0.706. The Morgan fingerprint density at radius 1 is 1.38 bits per heavy atom. The first-order valence-corrected chi connectivity index (χ1v) is 8.70. The molecule has 1 aromatic heterocycles. The van der Waals surface area contributed by atoms with E-state index in [0.29, 0.717) is 12.5 Å². The molecule has 1 atom stereocenters. The molecule has 0 radical (unpaired) electrons. The van der Waals surface area contributed by atoms with Crippen LogP contribution in [-0.4, -0.2) is 60.8 Å². The van der Waals surface area contributed by atoms with Crippen molar-refractivity contribution in [2.24, 2.45) is 0 Å².